The molecule has 2 rings (SSSR count). The number of hydrogen-bond donors (Lipinski definition) is 1. The standard InChI is InChI=1S/C11H18N2O3/c1-11(2,3)16-10(15)13-7-4-5-8(13)9(14)12-6-7/h7-8H,4-6H2,1-3H3,(H,12,14)/t7-,8+/m1/s1. The van der Waals surface area contributed by atoms with Crippen molar-refractivity contribution >= 4 is 12.0 Å². The molecule has 2 bridgehead atoms. The fourth-order valence-corrected chi connectivity index (χ4v) is 2.27. The number of carbonyl (C=O) groups excluding carboxylic acids is 2. The highest BCUT2D eigenvalue weighted by molar-refractivity contribution is 5.88. The Labute approximate surface area is 95.1 Å². The number of hydrogen-bond acceptors (Lipinski definition) is 3. The largest absolute Gasteiger partial charge is 0.444 e. The topological polar surface area (TPSA) is 58.6 Å². The third kappa shape index (κ3) is 1.99. The number of rotatable bonds is 0. The molecule has 2 saturated heterocycles. The van der Waals surface area contributed by atoms with E-state index >= 15 is 0 Å². The molecule has 2 aliphatic heterocycles. The summed E-state index contributed by atoms with van der Waals surface area (Å²) in [5, 5.41) is 2.80. The SMILES string of the molecule is CC(C)(C)OC(=O)N1[C@@H]2CC[C@H]1C(=O)NC2. The van der Waals surface area contributed by atoms with E-state index in [0.717, 1.165) is 12.8 Å². The second kappa shape index (κ2) is 3.64. The van der Waals surface area contributed by atoms with Crippen molar-refractivity contribution in [2.45, 2.75) is 51.3 Å². The normalized spacial score (nSPS) is 28.9. The molecule has 0 aromatic carbocycles. The van der Waals surface area contributed by atoms with Gasteiger partial charge in [0.1, 0.15) is 11.6 Å². The number of nitrogens with one attached hydrogen (secondary N) is 1. The maximum atomic E-state index is 11.9. The van der Waals surface area contributed by atoms with Crippen LogP contribution in [0.15, 0.2) is 0 Å². The van der Waals surface area contributed by atoms with E-state index in [2.05, 4.69) is 5.32 Å². The van der Waals surface area contributed by atoms with Crippen LogP contribution in [0, 0.1) is 0 Å². The Morgan fingerprint density at radius 2 is 2.12 bits per heavy atom. The zero-order valence-electron chi connectivity index (χ0n) is 9.95. The van der Waals surface area contributed by atoms with Crippen LogP contribution in [0.25, 0.3) is 0 Å². The van der Waals surface area contributed by atoms with Gasteiger partial charge in [-0.1, -0.05) is 0 Å². The predicted molar refractivity (Wildman–Crippen MR) is 57.9 cm³/mol. The molecule has 0 aliphatic carbocycles. The van der Waals surface area contributed by atoms with Crippen molar-refractivity contribution in [2.24, 2.45) is 0 Å². The monoisotopic (exact) mass is 226 g/mol. The van der Waals surface area contributed by atoms with Crippen molar-refractivity contribution in [1.29, 1.82) is 0 Å². The molecule has 2 heterocycles. The summed E-state index contributed by atoms with van der Waals surface area (Å²) < 4.78 is 5.31. The molecule has 90 valence electrons. The molecule has 0 aromatic heterocycles. The maximum absolute atomic E-state index is 11.9. The van der Waals surface area contributed by atoms with Gasteiger partial charge in [-0.05, 0) is 33.6 Å². The van der Waals surface area contributed by atoms with Crippen molar-refractivity contribution in [2.75, 3.05) is 6.54 Å². The number of piperazine rings is 1. The van der Waals surface area contributed by atoms with Gasteiger partial charge < -0.3 is 10.1 Å². The zero-order chi connectivity index (χ0) is 11.9. The van der Waals surface area contributed by atoms with E-state index in [1.165, 1.54) is 0 Å². The Kier molecular flexibility index (Phi) is 2.56. The summed E-state index contributed by atoms with van der Waals surface area (Å²) >= 11 is 0. The number of amides is 2. The lowest BCUT2D eigenvalue weighted by Crippen LogP contribution is -2.58. The van der Waals surface area contributed by atoms with Crippen LogP contribution < -0.4 is 5.32 Å². The van der Waals surface area contributed by atoms with Gasteiger partial charge in [0, 0.05) is 6.54 Å². The van der Waals surface area contributed by atoms with Crippen LogP contribution in [-0.2, 0) is 9.53 Å². The summed E-state index contributed by atoms with van der Waals surface area (Å²) in [6.07, 6.45) is 1.26. The van der Waals surface area contributed by atoms with Crippen molar-refractivity contribution < 1.29 is 14.3 Å². The minimum absolute atomic E-state index is 0.0559. The second-order valence-corrected chi connectivity index (χ2v) is 5.38. The predicted octanol–water partition coefficient (Wildman–Crippen LogP) is 0.884. The molecular formula is C11H18N2O3. The summed E-state index contributed by atoms with van der Waals surface area (Å²) in [7, 11) is 0. The maximum Gasteiger partial charge on any atom is 0.411 e. The lowest BCUT2D eigenvalue weighted by atomic mass is 10.2. The van der Waals surface area contributed by atoms with Gasteiger partial charge in [-0.25, -0.2) is 4.79 Å². The van der Waals surface area contributed by atoms with E-state index in [1.54, 1.807) is 4.90 Å². The molecule has 0 spiro atoms. The van der Waals surface area contributed by atoms with Crippen LogP contribution in [0.1, 0.15) is 33.6 Å². The van der Waals surface area contributed by atoms with Crippen LogP contribution in [0.5, 0.6) is 0 Å². The van der Waals surface area contributed by atoms with Gasteiger partial charge in [0.25, 0.3) is 0 Å². The minimum Gasteiger partial charge on any atom is -0.444 e. The van der Waals surface area contributed by atoms with E-state index in [4.69, 9.17) is 4.74 Å². The average Bonchev–Trinajstić information content (AvgIpc) is 2.46. The summed E-state index contributed by atoms with van der Waals surface area (Å²) in [4.78, 5) is 25.1. The van der Waals surface area contributed by atoms with Gasteiger partial charge in [0.15, 0.2) is 0 Å². The zero-order valence-corrected chi connectivity index (χ0v) is 9.95. The highest BCUT2D eigenvalue weighted by atomic mass is 16.6. The Morgan fingerprint density at radius 1 is 1.44 bits per heavy atom. The summed E-state index contributed by atoms with van der Waals surface area (Å²) in [5.74, 6) is -0.0559. The van der Waals surface area contributed by atoms with Crippen LogP contribution in [0.4, 0.5) is 4.79 Å². The van der Waals surface area contributed by atoms with Crippen LogP contribution in [0.2, 0.25) is 0 Å². The number of fused-ring (bicyclic) bond motifs is 2. The Bertz CT molecular complexity index is 322. The van der Waals surface area contributed by atoms with Gasteiger partial charge >= 0.3 is 6.09 Å². The first-order chi connectivity index (χ1) is 7.38. The van der Waals surface area contributed by atoms with E-state index in [0.29, 0.717) is 6.54 Å². The van der Waals surface area contributed by atoms with Crippen molar-refractivity contribution in [3.8, 4) is 0 Å². The van der Waals surface area contributed by atoms with E-state index in [1.807, 2.05) is 20.8 Å². The van der Waals surface area contributed by atoms with Gasteiger partial charge in [0.2, 0.25) is 5.91 Å². The molecule has 2 amide bonds. The molecule has 2 fully saturated rings. The number of nitrogens with zero attached hydrogens (tertiary/aromatic N) is 1. The second-order valence-electron chi connectivity index (χ2n) is 5.38. The molecule has 5 nitrogen and oxygen atoms in total. The van der Waals surface area contributed by atoms with Crippen molar-refractivity contribution in [3.05, 3.63) is 0 Å². The third-order valence-electron chi connectivity index (χ3n) is 2.92. The van der Waals surface area contributed by atoms with E-state index in [9.17, 15) is 9.59 Å². The number of ether oxygens (including phenoxy) is 1. The molecule has 5 heteroatoms. The average molecular weight is 226 g/mol. The Balaban J connectivity index is 2.09. The van der Waals surface area contributed by atoms with Crippen LogP contribution in [-0.4, -0.2) is 41.1 Å². The molecule has 2 atom stereocenters. The minimum atomic E-state index is -0.509. The summed E-state index contributed by atoms with van der Waals surface area (Å²) in [6.45, 7) is 6.04. The lowest BCUT2D eigenvalue weighted by Gasteiger charge is -2.35. The van der Waals surface area contributed by atoms with E-state index < -0.39 is 5.60 Å². The number of carbonyl (C=O) groups is 2. The molecular weight excluding hydrogens is 208 g/mol. The van der Waals surface area contributed by atoms with Gasteiger partial charge in [-0.15, -0.1) is 0 Å². The molecule has 0 saturated carbocycles. The molecule has 16 heavy (non-hydrogen) atoms. The first-order valence-corrected chi connectivity index (χ1v) is 5.67. The first-order valence-electron chi connectivity index (χ1n) is 5.67. The molecule has 0 unspecified atom stereocenters. The fraction of sp³-hybridized carbons (Fsp3) is 0.818. The first kappa shape index (κ1) is 11.2. The van der Waals surface area contributed by atoms with Gasteiger partial charge in [-0.2, -0.15) is 0 Å². The van der Waals surface area contributed by atoms with Crippen LogP contribution >= 0.6 is 0 Å². The van der Waals surface area contributed by atoms with Gasteiger partial charge in [-0.3, -0.25) is 9.69 Å². The van der Waals surface area contributed by atoms with E-state index in [-0.39, 0.29) is 24.1 Å². The molecule has 1 N–H and O–H groups in total. The van der Waals surface area contributed by atoms with Crippen LogP contribution in [0.3, 0.4) is 0 Å². The van der Waals surface area contributed by atoms with Gasteiger partial charge in [0.05, 0.1) is 6.04 Å². The van der Waals surface area contributed by atoms with Crippen molar-refractivity contribution in [1.82, 2.24) is 10.2 Å². The molecule has 0 radical (unpaired) electrons. The smallest absolute Gasteiger partial charge is 0.411 e. The Hall–Kier alpha value is -1.26. The molecule has 2 aliphatic rings. The summed E-state index contributed by atoms with van der Waals surface area (Å²) in [5.41, 5.74) is -0.509. The molecule has 0 aromatic rings. The Morgan fingerprint density at radius 3 is 2.75 bits per heavy atom. The van der Waals surface area contributed by atoms with Crippen molar-refractivity contribution in [3.63, 3.8) is 0 Å². The fourth-order valence-electron chi connectivity index (χ4n) is 2.27. The lowest BCUT2D eigenvalue weighted by molar-refractivity contribution is -0.128. The highest BCUT2D eigenvalue weighted by Crippen LogP contribution is 2.28. The quantitative estimate of drug-likeness (QED) is 0.667. The summed E-state index contributed by atoms with van der Waals surface area (Å²) in [6, 6.07) is -0.217. The third-order valence-corrected chi connectivity index (χ3v) is 2.92. The highest BCUT2D eigenvalue weighted by Gasteiger charge is 2.45.